The van der Waals surface area contributed by atoms with E-state index in [1.165, 1.54) is 0 Å². The van der Waals surface area contributed by atoms with Crippen LogP contribution in [0.15, 0.2) is 42.5 Å². The third-order valence-electron chi connectivity index (χ3n) is 2.32. The maximum atomic E-state index is 12.1. The molecule has 0 aliphatic heterocycles. The monoisotopic (exact) mass is 391 g/mol. The SMILES string of the molecule is O=C(Nc1ccccc1I)c1cccc(Cl)c1Cl. The van der Waals surface area contributed by atoms with Gasteiger partial charge in [0, 0.05) is 3.57 Å². The van der Waals surface area contributed by atoms with Crippen molar-refractivity contribution in [3.05, 3.63) is 61.6 Å². The van der Waals surface area contributed by atoms with E-state index in [1.807, 2.05) is 24.3 Å². The molecule has 92 valence electrons. The van der Waals surface area contributed by atoms with Crippen LogP contribution in [0.4, 0.5) is 5.69 Å². The molecule has 0 saturated carbocycles. The Bertz CT molecular complexity index is 601. The Balaban J connectivity index is 2.28. The smallest absolute Gasteiger partial charge is 0.257 e. The van der Waals surface area contributed by atoms with Crippen LogP contribution in [0.3, 0.4) is 0 Å². The lowest BCUT2D eigenvalue weighted by atomic mass is 10.2. The fourth-order valence-corrected chi connectivity index (χ4v) is 2.34. The van der Waals surface area contributed by atoms with Crippen LogP contribution in [-0.4, -0.2) is 5.91 Å². The number of hydrogen-bond acceptors (Lipinski definition) is 1. The maximum Gasteiger partial charge on any atom is 0.257 e. The zero-order valence-corrected chi connectivity index (χ0v) is 12.8. The molecule has 0 bridgehead atoms. The Morgan fingerprint density at radius 1 is 1.06 bits per heavy atom. The molecule has 2 nitrogen and oxygen atoms in total. The van der Waals surface area contributed by atoms with Crippen molar-refractivity contribution in [3.8, 4) is 0 Å². The number of nitrogens with one attached hydrogen (secondary N) is 1. The first kappa shape index (κ1) is 13.6. The van der Waals surface area contributed by atoms with Crippen LogP contribution in [0, 0.1) is 3.57 Å². The van der Waals surface area contributed by atoms with Gasteiger partial charge in [0.15, 0.2) is 0 Å². The number of halogens is 3. The predicted octanol–water partition coefficient (Wildman–Crippen LogP) is 4.85. The number of carbonyl (C=O) groups excluding carboxylic acids is 1. The quantitative estimate of drug-likeness (QED) is 0.728. The van der Waals surface area contributed by atoms with Gasteiger partial charge in [-0.15, -0.1) is 0 Å². The second-order valence-electron chi connectivity index (χ2n) is 3.54. The van der Waals surface area contributed by atoms with E-state index in [1.54, 1.807) is 18.2 Å². The highest BCUT2D eigenvalue weighted by Crippen LogP contribution is 2.26. The molecule has 5 heteroatoms. The van der Waals surface area contributed by atoms with Gasteiger partial charge in [0.25, 0.3) is 5.91 Å². The molecule has 0 fully saturated rings. The van der Waals surface area contributed by atoms with Gasteiger partial charge in [-0.25, -0.2) is 0 Å². The Labute approximate surface area is 128 Å². The Morgan fingerprint density at radius 2 is 1.78 bits per heavy atom. The van der Waals surface area contributed by atoms with Crippen molar-refractivity contribution in [3.63, 3.8) is 0 Å². The first-order valence-corrected chi connectivity index (χ1v) is 6.93. The molecule has 0 heterocycles. The second-order valence-corrected chi connectivity index (χ2v) is 5.48. The van der Waals surface area contributed by atoms with Crippen molar-refractivity contribution in [2.45, 2.75) is 0 Å². The molecule has 0 spiro atoms. The minimum absolute atomic E-state index is 0.266. The number of hydrogen-bond donors (Lipinski definition) is 1. The summed E-state index contributed by atoms with van der Waals surface area (Å²) in [6, 6.07) is 12.5. The van der Waals surface area contributed by atoms with E-state index in [4.69, 9.17) is 23.2 Å². The largest absolute Gasteiger partial charge is 0.321 e. The van der Waals surface area contributed by atoms with Crippen molar-refractivity contribution in [1.29, 1.82) is 0 Å². The maximum absolute atomic E-state index is 12.1. The molecule has 2 aromatic carbocycles. The highest BCUT2D eigenvalue weighted by Gasteiger charge is 2.13. The molecule has 0 unspecified atom stereocenters. The first-order valence-electron chi connectivity index (χ1n) is 5.09. The second kappa shape index (κ2) is 5.91. The van der Waals surface area contributed by atoms with Gasteiger partial charge in [-0.3, -0.25) is 4.79 Å². The van der Waals surface area contributed by atoms with E-state index >= 15 is 0 Å². The summed E-state index contributed by atoms with van der Waals surface area (Å²) < 4.78 is 0.960. The third-order valence-corrected chi connectivity index (χ3v) is 4.08. The van der Waals surface area contributed by atoms with E-state index in [2.05, 4.69) is 27.9 Å². The normalized spacial score (nSPS) is 10.2. The van der Waals surface area contributed by atoms with Crippen LogP contribution < -0.4 is 5.32 Å². The van der Waals surface area contributed by atoms with Gasteiger partial charge in [-0.05, 0) is 46.9 Å². The van der Waals surface area contributed by atoms with Crippen LogP contribution in [0.25, 0.3) is 0 Å². The van der Waals surface area contributed by atoms with Gasteiger partial charge in [-0.1, -0.05) is 41.4 Å². The summed E-state index contributed by atoms with van der Waals surface area (Å²) in [5.74, 6) is -0.272. The highest BCUT2D eigenvalue weighted by molar-refractivity contribution is 14.1. The lowest BCUT2D eigenvalue weighted by Gasteiger charge is -2.08. The minimum atomic E-state index is -0.272. The first-order chi connectivity index (χ1) is 8.59. The summed E-state index contributed by atoms with van der Waals surface area (Å²) in [5.41, 5.74) is 1.11. The van der Waals surface area contributed by atoms with Gasteiger partial charge < -0.3 is 5.32 Å². The van der Waals surface area contributed by atoms with Crippen molar-refractivity contribution < 1.29 is 4.79 Å². The molecule has 0 aliphatic rings. The van der Waals surface area contributed by atoms with Crippen LogP contribution in [0.5, 0.6) is 0 Å². The number of anilines is 1. The van der Waals surface area contributed by atoms with Gasteiger partial charge in [-0.2, -0.15) is 0 Å². The molecule has 2 aromatic rings. The van der Waals surface area contributed by atoms with E-state index in [0.717, 1.165) is 9.26 Å². The van der Waals surface area contributed by atoms with Crippen LogP contribution in [-0.2, 0) is 0 Å². The number of benzene rings is 2. The lowest BCUT2D eigenvalue weighted by molar-refractivity contribution is 0.102. The molecular formula is C13H8Cl2INO. The molecule has 18 heavy (non-hydrogen) atoms. The summed E-state index contributed by atoms with van der Waals surface area (Å²) in [5, 5.41) is 3.44. The van der Waals surface area contributed by atoms with Gasteiger partial charge in [0.05, 0.1) is 21.3 Å². The van der Waals surface area contributed by atoms with E-state index in [9.17, 15) is 4.79 Å². The molecule has 0 aliphatic carbocycles. The van der Waals surface area contributed by atoms with Gasteiger partial charge in [0.2, 0.25) is 0 Å². The molecule has 0 radical (unpaired) electrons. The Kier molecular flexibility index (Phi) is 4.48. The van der Waals surface area contributed by atoms with Crippen LogP contribution >= 0.6 is 45.8 Å². The topological polar surface area (TPSA) is 29.1 Å². The number of rotatable bonds is 2. The van der Waals surface area contributed by atoms with Crippen molar-refractivity contribution in [2.24, 2.45) is 0 Å². The Morgan fingerprint density at radius 3 is 2.50 bits per heavy atom. The van der Waals surface area contributed by atoms with Crippen molar-refractivity contribution >= 4 is 57.4 Å². The zero-order chi connectivity index (χ0) is 13.1. The van der Waals surface area contributed by atoms with E-state index in [-0.39, 0.29) is 10.9 Å². The third kappa shape index (κ3) is 2.96. The average molecular weight is 392 g/mol. The van der Waals surface area contributed by atoms with Crippen LogP contribution in [0.1, 0.15) is 10.4 Å². The van der Waals surface area contributed by atoms with E-state index in [0.29, 0.717) is 10.6 Å². The Hall–Kier alpha value is -0.780. The van der Waals surface area contributed by atoms with E-state index < -0.39 is 0 Å². The standard InChI is InChI=1S/C13H8Cl2INO/c14-9-5-3-4-8(12(9)15)13(18)17-11-7-2-1-6-10(11)16/h1-7H,(H,17,18). The fourth-order valence-electron chi connectivity index (χ4n) is 1.43. The molecule has 0 atom stereocenters. The van der Waals surface area contributed by atoms with Crippen molar-refractivity contribution in [1.82, 2.24) is 0 Å². The molecule has 2 rings (SSSR count). The lowest BCUT2D eigenvalue weighted by Crippen LogP contribution is -2.13. The van der Waals surface area contributed by atoms with Gasteiger partial charge in [0.1, 0.15) is 0 Å². The molecule has 0 aromatic heterocycles. The molecular weight excluding hydrogens is 384 g/mol. The average Bonchev–Trinajstić information content (AvgIpc) is 2.35. The minimum Gasteiger partial charge on any atom is -0.321 e. The molecule has 1 N–H and O–H groups in total. The number of carbonyl (C=O) groups is 1. The fraction of sp³-hybridized carbons (Fsp3) is 0. The zero-order valence-electron chi connectivity index (χ0n) is 9.08. The summed E-state index contributed by atoms with van der Waals surface area (Å²) in [6.45, 7) is 0. The summed E-state index contributed by atoms with van der Waals surface area (Å²) >= 11 is 14.0. The number of para-hydroxylation sites is 1. The van der Waals surface area contributed by atoms with Crippen molar-refractivity contribution in [2.75, 3.05) is 5.32 Å². The summed E-state index contributed by atoms with van der Waals surface area (Å²) in [6.07, 6.45) is 0. The van der Waals surface area contributed by atoms with Crippen LogP contribution in [0.2, 0.25) is 10.0 Å². The van der Waals surface area contributed by atoms with Gasteiger partial charge >= 0.3 is 0 Å². The summed E-state index contributed by atoms with van der Waals surface area (Å²) in [7, 11) is 0. The molecule has 1 amide bonds. The summed E-state index contributed by atoms with van der Waals surface area (Å²) in [4.78, 5) is 12.1. The number of amides is 1. The predicted molar refractivity (Wildman–Crippen MR) is 83.6 cm³/mol. The highest BCUT2D eigenvalue weighted by atomic mass is 127. The molecule has 0 saturated heterocycles.